The van der Waals surface area contributed by atoms with Gasteiger partial charge < -0.3 is 10.6 Å². The molecule has 2 amide bonds. The van der Waals surface area contributed by atoms with Gasteiger partial charge in [0.25, 0.3) is 11.8 Å². The maximum atomic E-state index is 12.0. The minimum atomic E-state index is -0.491. The Morgan fingerprint density at radius 1 is 1.14 bits per heavy atom. The van der Waals surface area contributed by atoms with Gasteiger partial charge in [-0.25, -0.2) is 4.98 Å². The van der Waals surface area contributed by atoms with Gasteiger partial charge >= 0.3 is 0 Å². The lowest BCUT2D eigenvalue weighted by atomic mass is 10.2. The summed E-state index contributed by atoms with van der Waals surface area (Å²) in [5.74, 6) is -0.839. The lowest BCUT2D eigenvalue weighted by Gasteiger charge is -2.08. The van der Waals surface area contributed by atoms with E-state index in [1.165, 1.54) is 31.6 Å². The van der Waals surface area contributed by atoms with Crippen LogP contribution in [0.1, 0.15) is 20.8 Å². The van der Waals surface area contributed by atoms with Crippen LogP contribution in [0.5, 0.6) is 0 Å². The summed E-state index contributed by atoms with van der Waals surface area (Å²) in [6, 6.07) is 4.56. The van der Waals surface area contributed by atoms with Crippen molar-refractivity contribution in [3.63, 3.8) is 0 Å². The molecule has 21 heavy (non-hydrogen) atoms. The minimum absolute atomic E-state index is 0.0685. The van der Waals surface area contributed by atoms with E-state index in [9.17, 15) is 9.59 Å². The highest BCUT2D eigenvalue weighted by Gasteiger charge is 2.13. The average molecular weight is 325 g/mol. The summed E-state index contributed by atoms with van der Waals surface area (Å²) in [4.78, 5) is 31.3. The fourth-order valence-electron chi connectivity index (χ4n) is 1.56. The van der Waals surface area contributed by atoms with Gasteiger partial charge in [-0.05, 0) is 18.2 Å². The number of aromatic nitrogens is 2. The summed E-state index contributed by atoms with van der Waals surface area (Å²) in [5.41, 5.74) is 0.734. The van der Waals surface area contributed by atoms with Gasteiger partial charge in [0, 0.05) is 12.7 Å². The van der Waals surface area contributed by atoms with E-state index in [0.29, 0.717) is 5.69 Å². The average Bonchev–Trinajstić information content (AvgIpc) is 2.48. The molecule has 108 valence electrons. The molecule has 2 aromatic rings. The highest BCUT2D eigenvalue weighted by Crippen LogP contribution is 2.21. The molecule has 0 spiro atoms. The van der Waals surface area contributed by atoms with E-state index in [1.807, 2.05) is 0 Å². The van der Waals surface area contributed by atoms with E-state index < -0.39 is 5.91 Å². The number of carbonyl (C=O) groups excluding carboxylic acids is 2. The van der Waals surface area contributed by atoms with Crippen LogP contribution in [-0.2, 0) is 0 Å². The molecule has 2 N–H and O–H groups in total. The second kappa shape index (κ2) is 6.51. The van der Waals surface area contributed by atoms with Gasteiger partial charge in [0.15, 0.2) is 0 Å². The number of halogens is 2. The monoisotopic (exact) mass is 324 g/mol. The minimum Gasteiger partial charge on any atom is -0.355 e. The largest absolute Gasteiger partial charge is 0.355 e. The van der Waals surface area contributed by atoms with E-state index in [-0.39, 0.29) is 27.3 Å². The number of hydrogen-bond acceptors (Lipinski definition) is 4. The fourth-order valence-corrected chi connectivity index (χ4v) is 1.91. The first-order valence-corrected chi connectivity index (χ1v) is 6.57. The van der Waals surface area contributed by atoms with Crippen LogP contribution in [0.4, 0.5) is 5.69 Å². The Bertz CT molecular complexity index is 706. The molecule has 0 atom stereocenters. The molecular weight excluding hydrogens is 315 g/mol. The normalized spacial score (nSPS) is 10.0. The topological polar surface area (TPSA) is 84.0 Å². The molecule has 0 saturated heterocycles. The highest BCUT2D eigenvalue weighted by atomic mass is 35.5. The molecule has 0 aliphatic rings. The Morgan fingerprint density at radius 2 is 1.90 bits per heavy atom. The first-order chi connectivity index (χ1) is 10.0. The number of amides is 2. The predicted molar refractivity (Wildman–Crippen MR) is 79.8 cm³/mol. The summed E-state index contributed by atoms with van der Waals surface area (Å²) in [6.07, 6.45) is 2.61. The molecule has 0 bridgehead atoms. The van der Waals surface area contributed by atoms with Crippen molar-refractivity contribution in [3.8, 4) is 0 Å². The summed E-state index contributed by atoms with van der Waals surface area (Å²) < 4.78 is 0. The van der Waals surface area contributed by atoms with Gasteiger partial charge in [0.05, 0.1) is 23.0 Å². The van der Waals surface area contributed by atoms with Crippen LogP contribution >= 0.6 is 23.2 Å². The molecule has 1 aromatic carbocycles. The Hall–Kier alpha value is -2.18. The first-order valence-electron chi connectivity index (χ1n) is 5.82. The van der Waals surface area contributed by atoms with E-state index in [1.54, 1.807) is 6.07 Å². The van der Waals surface area contributed by atoms with Crippen molar-refractivity contribution in [2.24, 2.45) is 0 Å². The van der Waals surface area contributed by atoms with Gasteiger partial charge in [-0.1, -0.05) is 23.2 Å². The number of anilines is 1. The molecule has 0 unspecified atom stereocenters. The summed E-state index contributed by atoms with van der Waals surface area (Å²) in [5, 5.41) is 5.46. The summed E-state index contributed by atoms with van der Waals surface area (Å²) >= 11 is 11.6. The Morgan fingerprint density at radius 3 is 2.57 bits per heavy atom. The Labute approximate surface area is 130 Å². The van der Waals surface area contributed by atoms with Crippen LogP contribution in [0.15, 0.2) is 30.6 Å². The molecule has 1 aromatic heterocycles. The number of hydrogen-bond donors (Lipinski definition) is 2. The second-order valence-corrected chi connectivity index (χ2v) is 4.75. The zero-order valence-electron chi connectivity index (χ0n) is 10.9. The standard InChI is InChI=1S/C13H10Cl2N4O2/c1-16-12(20)8-4-7(2-3-9(8)14)18-13(21)10-5-17-6-11(15)19-10/h2-6H,1H3,(H,16,20)(H,18,21). The molecular formula is C13H10Cl2N4O2. The van der Waals surface area contributed by atoms with E-state index in [2.05, 4.69) is 20.6 Å². The number of rotatable bonds is 3. The van der Waals surface area contributed by atoms with Crippen molar-refractivity contribution in [3.05, 3.63) is 52.0 Å². The molecule has 1 heterocycles. The van der Waals surface area contributed by atoms with E-state index in [0.717, 1.165) is 0 Å². The highest BCUT2D eigenvalue weighted by molar-refractivity contribution is 6.34. The van der Waals surface area contributed by atoms with Crippen LogP contribution < -0.4 is 10.6 Å². The zero-order valence-corrected chi connectivity index (χ0v) is 12.4. The molecule has 0 aliphatic heterocycles. The van der Waals surface area contributed by atoms with Crippen molar-refractivity contribution in [2.45, 2.75) is 0 Å². The fraction of sp³-hybridized carbons (Fsp3) is 0.0769. The molecule has 0 radical (unpaired) electrons. The molecule has 0 aliphatic carbocycles. The van der Waals surface area contributed by atoms with Gasteiger partial charge in [0.1, 0.15) is 10.8 Å². The van der Waals surface area contributed by atoms with E-state index in [4.69, 9.17) is 23.2 Å². The summed E-state index contributed by atoms with van der Waals surface area (Å²) in [7, 11) is 1.49. The quantitative estimate of drug-likeness (QED) is 0.907. The number of nitrogens with zero attached hydrogens (tertiary/aromatic N) is 2. The van der Waals surface area contributed by atoms with Crippen molar-refractivity contribution >= 4 is 40.7 Å². The zero-order chi connectivity index (χ0) is 15.4. The van der Waals surface area contributed by atoms with Crippen LogP contribution in [0.25, 0.3) is 0 Å². The summed E-state index contributed by atoms with van der Waals surface area (Å²) in [6.45, 7) is 0. The third-order valence-corrected chi connectivity index (χ3v) is 3.05. The maximum absolute atomic E-state index is 12.0. The SMILES string of the molecule is CNC(=O)c1cc(NC(=O)c2cncc(Cl)n2)ccc1Cl. The first kappa shape index (κ1) is 15.2. The third kappa shape index (κ3) is 3.68. The smallest absolute Gasteiger partial charge is 0.275 e. The van der Waals surface area contributed by atoms with Gasteiger partial charge in [0.2, 0.25) is 0 Å². The molecule has 0 fully saturated rings. The molecule has 2 rings (SSSR count). The number of carbonyl (C=O) groups is 2. The lowest BCUT2D eigenvalue weighted by Crippen LogP contribution is -2.19. The van der Waals surface area contributed by atoms with Gasteiger partial charge in [-0.2, -0.15) is 0 Å². The van der Waals surface area contributed by atoms with Crippen molar-refractivity contribution in [1.82, 2.24) is 15.3 Å². The van der Waals surface area contributed by atoms with Crippen molar-refractivity contribution in [2.75, 3.05) is 12.4 Å². The number of benzene rings is 1. The lowest BCUT2D eigenvalue weighted by molar-refractivity contribution is 0.0961. The second-order valence-electron chi connectivity index (χ2n) is 3.95. The number of nitrogens with one attached hydrogen (secondary N) is 2. The molecule has 0 saturated carbocycles. The third-order valence-electron chi connectivity index (χ3n) is 2.53. The molecule has 6 nitrogen and oxygen atoms in total. The Kier molecular flexibility index (Phi) is 4.72. The van der Waals surface area contributed by atoms with Crippen LogP contribution in [0.3, 0.4) is 0 Å². The van der Waals surface area contributed by atoms with Crippen molar-refractivity contribution < 1.29 is 9.59 Å². The van der Waals surface area contributed by atoms with Crippen LogP contribution in [0, 0.1) is 0 Å². The van der Waals surface area contributed by atoms with Crippen molar-refractivity contribution in [1.29, 1.82) is 0 Å². The molecule has 8 heteroatoms. The predicted octanol–water partition coefficient (Wildman–Crippen LogP) is 2.40. The van der Waals surface area contributed by atoms with Gasteiger partial charge in [-0.15, -0.1) is 0 Å². The van der Waals surface area contributed by atoms with Gasteiger partial charge in [-0.3, -0.25) is 14.6 Å². The van der Waals surface area contributed by atoms with Crippen LogP contribution in [0.2, 0.25) is 10.2 Å². The Balaban J connectivity index is 2.24. The van der Waals surface area contributed by atoms with E-state index >= 15 is 0 Å². The van der Waals surface area contributed by atoms with Crippen LogP contribution in [-0.4, -0.2) is 28.8 Å². The maximum Gasteiger partial charge on any atom is 0.275 e.